The molecule has 1 fully saturated rings. The van der Waals surface area contributed by atoms with Gasteiger partial charge in [0.05, 0.1) is 16.1 Å². The molecule has 8 heteroatoms. The molecule has 2 aromatic rings. The Morgan fingerprint density at radius 2 is 1.80 bits per heavy atom. The Balaban J connectivity index is 1.72. The average Bonchev–Trinajstić information content (AvgIpc) is 2.90. The lowest BCUT2D eigenvalue weighted by Gasteiger charge is -2.23. The van der Waals surface area contributed by atoms with Crippen molar-refractivity contribution in [3.63, 3.8) is 0 Å². The molecule has 0 aliphatic carbocycles. The zero-order chi connectivity index (χ0) is 22.2. The third-order valence-electron chi connectivity index (χ3n) is 5.48. The van der Waals surface area contributed by atoms with Crippen LogP contribution in [0.25, 0.3) is 0 Å². The first-order chi connectivity index (χ1) is 14.0. The molecule has 158 valence electrons. The van der Waals surface area contributed by atoms with E-state index in [1.54, 1.807) is 19.1 Å². The molecule has 0 unspecified atom stereocenters. The van der Waals surface area contributed by atoms with Gasteiger partial charge in [-0.1, -0.05) is 47.5 Å². The van der Waals surface area contributed by atoms with Gasteiger partial charge in [0.1, 0.15) is 12.1 Å². The standard InChI is InChI=1S/C22H23Cl2N3O3/c1-12-5-6-15(9-13(12)2)14(3)25-19(28)11-27-20(29)22(4,26-21(27)30)16-7-8-17(23)18(24)10-16/h5-10,14H,11H2,1-4H3,(H,25,28)(H,26,30)/t14-,22-/m1/s1. The zero-order valence-electron chi connectivity index (χ0n) is 17.2. The van der Waals surface area contributed by atoms with Crippen molar-refractivity contribution in [1.82, 2.24) is 15.5 Å². The second-order valence-corrected chi connectivity index (χ2v) is 8.52. The third kappa shape index (κ3) is 4.16. The summed E-state index contributed by atoms with van der Waals surface area (Å²) in [4.78, 5) is 38.9. The van der Waals surface area contributed by atoms with Gasteiger partial charge in [-0.2, -0.15) is 0 Å². The minimum atomic E-state index is -1.33. The maximum atomic E-state index is 13.0. The number of nitrogens with zero attached hydrogens (tertiary/aromatic N) is 1. The monoisotopic (exact) mass is 447 g/mol. The topological polar surface area (TPSA) is 78.5 Å². The molecule has 0 aromatic heterocycles. The Morgan fingerprint density at radius 3 is 2.43 bits per heavy atom. The van der Waals surface area contributed by atoms with Crippen LogP contribution in [0.2, 0.25) is 10.0 Å². The molecule has 3 rings (SSSR count). The lowest BCUT2D eigenvalue weighted by atomic mass is 9.92. The van der Waals surface area contributed by atoms with Crippen molar-refractivity contribution in [2.45, 2.75) is 39.3 Å². The van der Waals surface area contributed by atoms with E-state index in [9.17, 15) is 14.4 Å². The molecule has 0 bridgehead atoms. The summed E-state index contributed by atoms with van der Waals surface area (Å²) in [6, 6.07) is 9.77. The van der Waals surface area contributed by atoms with Gasteiger partial charge >= 0.3 is 6.03 Å². The number of carbonyl (C=O) groups is 3. The van der Waals surface area contributed by atoms with Gasteiger partial charge in [-0.15, -0.1) is 0 Å². The van der Waals surface area contributed by atoms with Crippen LogP contribution in [0.15, 0.2) is 36.4 Å². The highest BCUT2D eigenvalue weighted by Crippen LogP contribution is 2.33. The van der Waals surface area contributed by atoms with Crippen molar-refractivity contribution in [2.24, 2.45) is 0 Å². The number of rotatable bonds is 5. The predicted molar refractivity (Wildman–Crippen MR) is 117 cm³/mol. The summed E-state index contributed by atoms with van der Waals surface area (Å²) >= 11 is 12.0. The largest absolute Gasteiger partial charge is 0.348 e. The van der Waals surface area contributed by atoms with Crippen molar-refractivity contribution in [2.75, 3.05) is 6.54 Å². The predicted octanol–water partition coefficient (Wildman–Crippen LogP) is 4.25. The second-order valence-electron chi connectivity index (χ2n) is 7.71. The summed E-state index contributed by atoms with van der Waals surface area (Å²) in [5, 5.41) is 6.11. The van der Waals surface area contributed by atoms with Gasteiger partial charge in [0.2, 0.25) is 5.91 Å². The second kappa shape index (κ2) is 8.28. The molecule has 0 spiro atoms. The van der Waals surface area contributed by atoms with E-state index in [0.717, 1.165) is 21.6 Å². The summed E-state index contributed by atoms with van der Waals surface area (Å²) < 4.78 is 0. The van der Waals surface area contributed by atoms with E-state index in [4.69, 9.17) is 23.2 Å². The van der Waals surface area contributed by atoms with Crippen LogP contribution >= 0.6 is 23.2 Å². The SMILES string of the molecule is Cc1ccc([C@@H](C)NC(=O)CN2C(=O)N[C@](C)(c3ccc(Cl)c(Cl)c3)C2=O)cc1C. The van der Waals surface area contributed by atoms with Crippen LogP contribution < -0.4 is 10.6 Å². The fourth-order valence-corrected chi connectivity index (χ4v) is 3.69. The fourth-order valence-electron chi connectivity index (χ4n) is 3.39. The summed E-state index contributed by atoms with van der Waals surface area (Å²) in [5.74, 6) is -0.956. The normalized spacial score (nSPS) is 19.6. The van der Waals surface area contributed by atoms with Gasteiger partial charge in [-0.3, -0.25) is 14.5 Å². The van der Waals surface area contributed by atoms with E-state index >= 15 is 0 Å². The summed E-state index contributed by atoms with van der Waals surface area (Å²) in [6.07, 6.45) is 0. The van der Waals surface area contributed by atoms with Crippen molar-refractivity contribution in [3.8, 4) is 0 Å². The molecule has 6 nitrogen and oxygen atoms in total. The molecule has 2 N–H and O–H groups in total. The van der Waals surface area contributed by atoms with Crippen LogP contribution in [0.5, 0.6) is 0 Å². The minimum Gasteiger partial charge on any atom is -0.348 e. The highest BCUT2D eigenvalue weighted by atomic mass is 35.5. The highest BCUT2D eigenvalue weighted by Gasteiger charge is 2.49. The molecule has 0 saturated carbocycles. The molecule has 1 heterocycles. The van der Waals surface area contributed by atoms with Crippen molar-refractivity contribution >= 4 is 41.0 Å². The Morgan fingerprint density at radius 1 is 1.10 bits per heavy atom. The number of carbonyl (C=O) groups excluding carboxylic acids is 3. The van der Waals surface area contributed by atoms with Crippen LogP contribution in [-0.2, 0) is 15.1 Å². The van der Waals surface area contributed by atoms with Crippen molar-refractivity contribution in [3.05, 3.63) is 68.7 Å². The summed E-state index contributed by atoms with van der Waals surface area (Å²) in [5.41, 5.74) is 2.40. The Kier molecular flexibility index (Phi) is 6.11. The van der Waals surface area contributed by atoms with E-state index in [-0.39, 0.29) is 17.6 Å². The average molecular weight is 448 g/mol. The maximum Gasteiger partial charge on any atom is 0.325 e. The molecule has 1 aliphatic rings. The Labute approximate surface area is 185 Å². The number of hydrogen-bond donors (Lipinski definition) is 2. The molecule has 0 radical (unpaired) electrons. The van der Waals surface area contributed by atoms with E-state index in [0.29, 0.717) is 10.6 Å². The Hall–Kier alpha value is -2.57. The van der Waals surface area contributed by atoms with Gasteiger partial charge in [-0.25, -0.2) is 4.79 Å². The van der Waals surface area contributed by atoms with Crippen molar-refractivity contribution < 1.29 is 14.4 Å². The van der Waals surface area contributed by atoms with Crippen LogP contribution in [0.3, 0.4) is 0 Å². The number of amides is 4. The lowest BCUT2D eigenvalue weighted by Crippen LogP contribution is -2.43. The van der Waals surface area contributed by atoms with Crippen LogP contribution in [0.4, 0.5) is 4.79 Å². The minimum absolute atomic E-state index is 0.265. The number of aryl methyl sites for hydroxylation is 2. The third-order valence-corrected chi connectivity index (χ3v) is 6.22. The number of benzene rings is 2. The molecule has 1 aliphatic heterocycles. The van der Waals surface area contributed by atoms with E-state index in [1.807, 2.05) is 39.0 Å². The Bertz CT molecular complexity index is 1040. The van der Waals surface area contributed by atoms with Gasteiger partial charge < -0.3 is 10.6 Å². The van der Waals surface area contributed by atoms with Crippen molar-refractivity contribution in [1.29, 1.82) is 0 Å². The van der Waals surface area contributed by atoms with E-state index < -0.39 is 23.4 Å². The first-order valence-electron chi connectivity index (χ1n) is 9.49. The van der Waals surface area contributed by atoms with Gasteiger partial charge in [0, 0.05) is 0 Å². The number of nitrogens with one attached hydrogen (secondary N) is 2. The van der Waals surface area contributed by atoms with Gasteiger partial charge in [0.25, 0.3) is 5.91 Å². The summed E-state index contributed by atoms with van der Waals surface area (Å²) in [7, 11) is 0. The molecule has 2 aromatic carbocycles. The molecule has 30 heavy (non-hydrogen) atoms. The van der Waals surface area contributed by atoms with Gasteiger partial charge in [-0.05, 0) is 62.1 Å². The van der Waals surface area contributed by atoms with Crippen LogP contribution in [-0.4, -0.2) is 29.3 Å². The van der Waals surface area contributed by atoms with Crippen LogP contribution in [0, 0.1) is 13.8 Å². The number of hydrogen-bond acceptors (Lipinski definition) is 3. The molecule has 4 amide bonds. The quantitative estimate of drug-likeness (QED) is 0.672. The maximum absolute atomic E-state index is 13.0. The number of urea groups is 1. The van der Waals surface area contributed by atoms with E-state index in [1.165, 1.54) is 6.07 Å². The zero-order valence-corrected chi connectivity index (χ0v) is 18.7. The number of halogens is 2. The van der Waals surface area contributed by atoms with Gasteiger partial charge in [0.15, 0.2) is 0 Å². The molecular weight excluding hydrogens is 425 g/mol. The lowest BCUT2D eigenvalue weighted by molar-refractivity contribution is -0.135. The van der Waals surface area contributed by atoms with Crippen LogP contribution in [0.1, 0.15) is 42.1 Å². The number of imide groups is 1. The molecular formula is C22H23Cl2N3O3. The fraction of sp³-hybridized carbons (Fsp3) is 0.318. The molecule has 2 atom stereocenters. The smallest absolute Gasteiger partial charge is 0.325 e. The first kappa shape index (κ1) is 22.1. The summed E-state index contributed by atoms with van der Waals surface area (Å²) in [6.45, 7) is 7.07. The molecule has 1 saturated heterocycles. The van der Waals surface area contributed by atoms with E-state index in [2.05, 4.69) is 10.6 Å². The first-order valence-corrected chi connectivity index (χ1v) is 10.2. The highest BCUT2D eigenvalue weighted by molar-refractivity contribution is 6.42.